The van der Waals surface area contributed by atoms with Crippen molar-refractivity contribution in [3.8, 4) is 5.75 Å². The van der Waals surface area contributed by atoms with E-state index in [-0.39, 0.29) is 18.5 Å². The van der Waals surface area contributed by atoms with Gasteiger partial charge in [-0.25, -0.2) is 4.98 Å². The molecule has 2 rings (SSSR count). The van der Waals surface area contributed by atoms with Gasteiger partial charge in [0.1, 0.15) is 12.7 Å². The van der Waals surface area contributed by atoms with Gasteiger partial charge in [0.25, 0.3) is 0 Å². The monoisotopic (exact) mass is 233 g/mol. The lowest BCUT2D eigenvalue weighted by atomic mass is 10.2. The molecular weight excluding hydrogens is 223 g/mol. The van der Waals surface area contributed by atoms with E-state index in [2.05, 4.69) is 4.98 Å². The highest BCUT2D eigenvalue weighted by Crippen LogP contribution is 2.35. The largest absolute Gasteiger partial charge is 0.489 e. The number of alkyl halides is 3. The van der Waals surface area contributed by atoms with Crippen LogP contribution in [0.3, 0.4) is 0 Å². The Labute approximate surface area is 90.2 Å². The molecule has 1 aliphatic heterocycles. The summed E-state index contributed by atoms with van der Waals surface area (Å²) in [6.07, 6.45) is -3.40. The highest BCUT2D eigenvalue weighted by molar-refractivity contribution is 5.33. The van der Waals surface area contributed by atoms with Gasteiger partial charge in [0.05, 0.1) is 6.61 Å². The smallest absolute Gasteiger partial charge is 0.437 e. The molecule has 0 spiro atoms. The Kier molecular flexibility index (Phi) is 2.75. The first-order valence-corrected chi connectivity index (χ1v) is 4.75. The van der Waals surface area contributed by atoms with Crippen LogP contribution < -0.4 is 4.74 Å². The highest BCUT2D eigenvalue weighted by Gasteiger charge is 2.37. The van der Waals surface area contributed by atoms with Crippen LogP contribution in [0.2, 0.25) is 0 Å². The third-order valence-corrected chi connectivity index (χ3v) is 2.09. The third-order valence-electron chi connectivity index (χ3n) is 2.09. The van der Waals surface area contributed by atoms with Crippen molar-refractivity contribution in [1.29, 1.82) is 0 Å². The van der Waals surface area contributed by atoms with Crippen molar-refractivity contribution < 1.29 is 22.6 Å². The fraction of sp³-hybridized carbons (Fsp3) is 0.500. The van der Waals surface area contributed by atoms with Crippen molar-refractivity contribution in [2.45, 2.75) is 19.2 Å². The van der Waals surface area contributed by atoms with Crippen molar-refractivity contribution in [3.05, 3.63) is 23.5 Å². The lowest BCUT2D eigenvalue weighted by Gasteiger charge is -2.12. The van der Waals surface area contributed by atoms with Crippen LogP contribution in [0, 0.1) is 6.92 Å². The summed E-state index contributed by atoms with van der Waals surface area (Å²) < 4.78 is 47.6. The summed E-state index contributed by atoms with van der Waals surface area (Å²) in [5.74, 6) is -0.233. The van der Waals surface area contributed by atoms with Gasteiger partial charge >= 0.3 is 6.18 Å². The van der Waals surface area contributed by atoms with Crippen LogP contribution in [0.4, 0.5) is 13.2 Å². The van der Waals surface area contributed by atoms with Crippen LogP contribution in [0.1, 0.15) is 11.3 Å². The summed E-state index contributed by atoms with van der Waals surface area (Å²) in [4.78, 5) is 3.36. The molecule has 88 valence electrons. The molecule has 6 heteroatoms. The number of pyridine rings is 1. The molecular formula is C10H10F3NO2. The van der Waals surface area contributed by atoms with E-state index in [9.17, 15) is 13.2 Å². The van der Waals surface area contributed by atoms with Gasteiger partial charge in [0, 0.05) is 6.20 Å². The van der Waals surface area contributed by atoms with Gasteiger partial charge in [-0.15, -0.1) is 0 Å². The van der Waals surface area contributed by atoms with Gasteiger partial charge < -0.3 is 9.47 Å². The summed E-state index contributed by atoms with van der Waals surface area (Å²) in [5, 5.41) is 0. The van der Waals surface area contributed by atoms with E-state index in [0.29, 0.717) is 12.2 Å². The van der Waals surface area contributed by atoms with Crippen LogP contribution in [-0.4, -0.2) is 24.3 Å². The molecule has 1 aromatic rings. The zero-order valence-corrected chi connectivity index (χ0v) is 8.54. The summed E-state index contributed by atoms with van der Waals surface area (Å²) in [6, 6.07) is 1.33. The van der Waals surface area contributed by atoms with Crippen molar-refractivity contribution in [1.82, 2.24) is 4.98 Å². The first-order valence-electron chi connectivity index (χ1n) is 4.75. The van der Waals surface area contributed by atoms with Crippen LogP contribution in [0.5, 0.6) is 5.75 Å². The van der Waals surface area contributed by atoms with Crippen molar-refractivity contribution >= 4 is 0 Å². The fourth-order valence-electron chi connectivity index (χ4n) is 1.21. The molecule has 1 aliphatic rings. The molecule has 2 heterocycles. The number of ether oxygens (including phenoxy) is 2. The van der Waals surface area contributed by atoms with Crippen LogP contribution in [-0.2, 0) is 10.9 Å². The number of aryl methyl sites for hydroxylation is 1. The minimum Gasteiger partial charge on any atom is -0.489 e. The topological polar surface area (TPSA) is 34.6 Å². The SMILES string of the molecule is Cc1cnc(C(F)(F)F)c(OC[C@@H]2CO2)c1. The Bertz CT molecular complexity index is 388. The predicted molar refractivity (Wildman–Crippen MR) is 49.2 cm³/mol. The lowest BCUT2D eigenvalue weighted by Crippen LogP contribution is -2.13. The van der Waals surface area contributed by atoms with Crippen LogP contribution >= 0.6 is 0 Å². The lowest BCUT2D eigenvalue weighted by molar-refractivity contribution is -0.142. The Morgan fingerprint density at radius 3 is 2.81 bits per heavy atom. The summed E-state index contributed by atoms with van der Waals surface area (Å²) in [7, 11) is 0. The average Bonchev–Trinajstić information content (AvgIpc) is 2.96. The van der Waals surface area contributed by atoms with Crippen molar-refractivity contribution in [2.24, 2.45) is 0 Å². The maximum Gasteiger partial charge on any atom is 0.437 e. The van der Waals surface area contributed by atoms with Gasteiger partial charge in [0.2, 0.25) is 0 Å². The Morgan fingerprint density at radius 1 is 1.56 bits per heavy atom. The molecule has 1 atom stereocenters. The minimum absolute atomic E-state index is 0.0819. The number of hydrogen-bond acceptors (Lipinski definition) is 3. The number of hydrogen-bond donors (Lipinski definition) is 0. The molecule has 1 saturated heterocycles. The molecule has 16 heavy (non-hydrogen) atoms. The van der Waals surface area contributed by atoms with Crippen molar-refractivity contribution in [3.63, 3.8) is 0 Å². The molecule has 3 nitrogen and oxygen atoms in total. The van der Waals surface area contributed by atoms with Crippen LogP contribution in [0.25, 0.3) is 0 Å². The minimum atomic E-state index is -4.49. The van der Waals surface area contributed by atoms with Gasteiger partial charge in [-0.1, -0.05) is 0 Å². The van der Waals surface area contributed by atoms with Crippen molar-refractivity contribution in [2.75, 3.05) is 13.2 Å². The molecule has 1 fully saturated rings. The fourth-order valence-corrected chi connectivity index (χ4v) is 1.21. The molecule has 0 saturated carbocycles. The van der Waals surface area contributed by atoms with Gasteiger partial charge in [-0.2, -0.15) is 13.2 Å². The third kappa shape index (κ3) is 2.63. The van der Waals surface area contributed by atoms with E-state index < -0.39 is 11.9 Å². The number of aromatic nitrogens is 1. The second kappa shape index (κ2) is 3.93. The van der Waals surface area contributed by atoms with E-state index in [1.807, 2.05) is 0 Å². The highest BCUT2D eigenvalue weighted by atomic mass is 19.4. The summed E-state index contributed by atoms with van der Waals surface area (Å²) in [5.41, 5.74) is -0.363. The van der Waals surface area contributed by atoms with E-state index in [4.69, 9.17) is 9.47 Å². The maximum atomic E-state index is 12.5. The average molecular weight is 233 g/mol. The van der Waals surface area contributed by atoms with E-state index >= 15 is 0 Å². The Morgan fingerprint density at radius 2 is 2.25 bits per heavy atom. The summed E-state index contributed by atoms with van der Waals surface area (Å²) >= 11 is 0. The molecule has 0 aromatic carbocycles. The molecule has 0 amide bonds. The molecule has 0 radical (unpaired) electrons. The van der Waals surface area contributed by atoms with E-state index in [0.717, 1.165) is 0 Å². The number of epoxide rings is 1. The molecule has 0 bridgehead atoms. The first kappa shape index (κ1) is 11.2. The molecule has 0 N–H and O–H groups in total. The predicted octanol–water partition coefficient (Wildman–Crippen LogP) is 2.19. The molecule has 1 aromatic heterocycles. The number of rotatable bonds is 3. The molecule has 0 aliphatic carbocycles. The zero-order valence-electron chi connectivity index (χ0n) is 8.54. The number of halogens is 3. The second-order valence-electron chi connectivity index (χ2n) is 3.62. The number of nitrogens with zero attached hydrogens (tertiary/aromatic N) is 1. The van der Waals surface area contributed by atoms with Crippen LogP contribution in [0.15, 0.2) is 12.3 Å². The van der Waals surface area contributed by atoms with Gasteiger partial charge in [-0.3, -0.25) is 0 Å². The van der Waals surface area contributed by atoms with Gasteiger partial charge in [-0.05, 0) is 18.6 Å². The van der Waals surface area contributed by atoms with E-state index in [1.54, 1.807) is 6.92 Å². The first-order chi connectivity index (χ1) is 7.47. The Hall–Kier alpha value is -1.30. The second-order valence-corrected chi connectivity index (χ2v) is 3.62. The Balaban J connectivity index is 2.20. The van der Waals surface area contributed by atoms with Gasteiger partial charge in [0.15, 0.2) is 11.4 Å². The maximum absolute atomic E-state index is 12.5. The summed E-state index contributed by atoms with van der Waals surface area (Å²) in [6.45, 7) is 2.34. The normalized spacial score (nSPS) is 19.6. The molecule has 0 unspecified atom stereocenters. The quantitative estimate of drug-likeness (QED) is 0.750. The zero-order chi connectivity index (χ0) is 11.8. The van der Waals surface area contributed by atoms with E-state index in [1.165, 1.54) is 12.3 Å². The standard InChI is InChI=1S/C10H10F3NO2/c1-6-2-8(16-5-7-4-15-7)9(14-3-6)10(11,12)13/h2-3,7H,4-5H2,1H3/t7-/m0/s1.